The van der Waals surface area contributed by atoms with Gasteiger partial charge < -0.3 is 5.73 Å². The highest BCUT2D eigenvalue weighted by Crippen LogP contribution is 2.30. The van der Waals surface area contributed by atoms with Crippen molar-refractivity contribution in [2.45, 2.75) is 20.4 Å². The van der Waals surface area contributed by atoms with E-state index >= 15 is 0 Å². The molecule has 18 heavy (non-hydrogen) atoms. The van der Waals surface area contributed by atoms with Gasteiger partial charge >= 0.3 is 0 Å². The average molecular weight is 247 g/mol. The Morgan fingerprint density at radius 1 is 1.00 bits per heavy atom. The van der Waals surface area contributed by atoms with E-state index < -0.39 is 0 Å². The smallest absolute Gasteiger partial charge is 0.131 e. The van der Waals surface area contributed by atoms with Crippen LogP contribution < -0.4 is 5.73 Å². The van der Waals surface area contributed by atoms with E-state index in [0.29, 0.717) is 12.1 Å². The van der Waals surface area contributed by atoms with E-state index in [1.54, 1.807) is 26.0 Å². The molecule has 3 heteroatoms. The first kappa shape index (κ1) is 12.7. The Kier molecular flexibility index (Phi) is 3.43. The highest BCUT2D eigenvalue weighted by Gasteiger charge is 2.12. The van der Waals surface area contributed by atoms with E-state index in [0.717, 1.165) is 22.3 Å². The Morgan fingerprint density at radius 2 is 1.61 bits per heavy atom. The monoisotopic (exact) mass is 247 g/mol. The van der Waals surface area contributed by atoms with Crippen molar-refractivity contribution in [3.8, 4) is 11.1 Å². The van der Waals surface area contributed by atoms with Crippen molar-refractivity contribution < 1.29 is 8.78 Å². The Bertz CT molecular complexity index is 568. The highest BCUT2D eigenvalue weighted by molar-refractivity contribution is 5.71. The van der Waals surface area contributed by atoms with Gasteiger partial charge in [0.2, 0.25) is 0 Å². The number of hydrogen-bond acceptors (Lipinski definition) is 1. The normalized spacial score (nSPS) is 10.7. The van der Waals surface area contributed by atoms with Crippen LogP contribution in [-0.2, 0) is 6.54 Å². The van der Waals surface area contributed by atoms with Gasteiger partial charge in [-0.1, -0.05) is 6.07 Å². The van der Waals surface area contributed by atoms with Crippen LogP contribution in [0.25, 0.3) is 11.1 Å². The zero-order valence-electron chi connectivity index (χ0n) is 10.4. The highest BCUT2D eigenvalue weighted by atomic mass is 19.1. The summed E-state index contributed by atoms with van der Waals surface area (Å²) in [5, 5.41) is 0. The fourth-order valence-electron chi connectivity index (χ4n) is 2.23. The topological polar surface area (TPSA) is 26.0 Å². The van der Waals surface area contributed by atoms with Crippen molar-refractivity contribution in [2.75, 3.05) is 0 Å². The zero-order valence-corrected chi connectivity index (χ0v) is 10.4. The van der Waals surface area contributed by atoms with E-state index in [2.05, 4.69) is 0 Å². The molecule has 0 amide bonds. The number of halogens is 2. The summed E-state index contributed by atoms with van der Waals surface area (Å²) in [5.74, 6) is -0.617. The second-order valence-electron chi connectivity index (χ2n) is 4.43. The van der Waals surface area contributed by atoms with Gasteiger partial charge in [0.1, 0.15) is 11.6 Å². The number of hydrogen-bond donors (Lipinski definition) is 1. The number of aryl methyl sites for hydroxylation is 2. The predicted molar refractivity (Wildman–Crippen MR) is 69.2 cm³/mol. The molecule has 0 spiro atoms. The summed E-state index contributed by atoms with van der Waals surface area (Å²) in [6.45, 7) is 3.91. The van der Waals surface area contributed by atoms with Gasteiger partial charge in [0, 0.05) is 12.1 Å². The van der Waals surface area contributed by atoms with E-state index in [1.165, 1.54) is 18.2 Å². The summed E-state index contributed by atoms with van der Waals surface area (Å²) in [5.41, 5.74) is 9.09. The fourth-order valence-corrected chi connectivity index (χ4v) is 2.23. The lowest BCUT2D eigenvalue weighted by Gasteiger charge is -2.12. The standard InChI is InChI=1S/C15H15F2N/c1-9-5-12(16)6-10(2)15(9)13-7-11(8-18)3-4-14(13)17/h3-7H,8,18H2,1-2H3. The second-order valence-corrected chi connectivity index (χ2v) is 4.43. The molecular formula is C15H15F2N. The van der Waals surface area contributed by atoms with Gasteiger partial charge in [0.05, 0.1) is 0 Å². The van der Waals surface area contributed by atoms with E-state index in [1.807, 2.05) is 0 Å². The summed E-state index contributed by atoms with van der Waals surface area (Å²) in [7, 11) is 0. The van der Waals surface area contributed by atoms with Crippen molar-refractivity contribution in [3.63, 3.8) is 0 Å². The van der Waals surface area contributed by atoms with E-state index in [9.17, 15) is 8.78 Å². The predicted octanol–water partition coefficient (Wildman–Crippen LogP) is 3.71. The molecule has 2 rings (SSSR count). The lowest BCUT2D eigenvalue weighted by atomic mass is 9.94. The molecule has 0 aromatic heterocycles. The molecule has 0 unspecified atom stereocenters. The molecule has 0 aliphatic rings. The Hall–Kier alpha value is -1.74. The third-order valence-corrected chi connectivity index (χ3v) is 3.03. The molecule has 0 saturated carbocycles. The molecule has 94 valence electrons. The summed E-state index contributed by atoms with van der Waals surface area (Å²) < 4.78 is 27.2. The molecule has 2 N–H and O–H groups in total. The quantitative estimate of drug-likeness (QED) is 0.860. The first-order valence-corrected chi connectivity index (χ1v) is 5.78. The largest absolute Gasteiger partial charge is 0.326 e. The maximum Gasteiger partial charge on any atom is 0.131 e. The molecule has 0 bridgehead atoms. The average Bonchev–Trinajstić information content (AvgIpc) is 2.30. The molecule has 0 aliphatic heterocycles. The Morgan fingerprint density at radius 3 is 2.17 bits per heavy atom. The van der Waals surface area contributed by atoms with Crippen molar-refractivity contribution in [3.05, 3.63) is 58.7 Å². The van der Waals surface area contributed by atoms with Crippen molar-refractivity contribution in [1.82, 2.24) is 0 Å². The van der Waals surface area contributed by atoms with Crippen LogP contribution in [0, 0.1) is 25.5 Å². The summed E-state index contributed by atoms with van der Waals surface area (Å²) >= 11 is 0. The van der Waals surface area contributed by atoms with Crippen LogP contribution in [0.5, 0.6) is 0 Å². The van der Waals surface area contributed by atoms with Gasteiger partial charge in [-0.3, -0.25) is 0 Å². The molecule has 2 aromatic rings. The SMILES string of the molecule is Cc1cc(F)cc(C)c1-c1cc(CN)ccc1F. The molecule has 0 saturated heterocycles. The van der Waals surface area contributed by atoms with Gasteiger partial charge in [0.25, 0.3) is 0 Å². The summed E-state index contributed by atoms with van der Waals surface area (Å²) in [4.78, 5) is 0. The van der Waals surface area contributed by atoms with Crippen molar-refractivity contribution in [2.24, 2.45) is 5.73 Å². The van der Waals surface area contributed by atoms with E-state index in [4.69, 9.17) is 5.73 Å². The summed E-state index contributed by atoms with van der Waals surface area (Å²) in [6, 6.07) is 7.61. The Labute approximate surface area is 105 Å². The van der Waals surface area contributed by atoms with Crippen LogP contribution >= 0.6 is 0 Å². The van der Waals surface area contributed by atoms with E-state index in [-0.39, 0.29) is 11.6 Å². The minimum Gasteiger partial charge on any atom is -0.326 e. The molecule has 2 aromatic carbocycles. The van der Waals surface area contributed by atoms with Crippen LogP contribution in [0.2, 0.25) is 0 Å². The van der Waals surface area contributed by atoms with Gasteiger partial charge in [0.15, 0.2) is 0 Å². The van der Waals surface area contributed by atoms with Crippen LogP contribution in [0.1, 0.15) is 16.7 Å². The second kappa shape index (κ2) is 4.86. The molecule has 1 nitrogen and oxygen atoms in total. The maximum absolute atomic E-state index is 13.9. The lowest BCUT2D eigenvalue weighted by Crippen LogP contribution is -1.99. The van der Waals surface area contributed by atoms with Crippen molar-refractivity contribution in [1.29, 1.82) is 0 Å². The minimum absolute atomic E-state index is 0.302. The molecule has 0 aliphatic carbocycles. The van der Waals surface area contributed by atoms with Gasteiger partial charge in [-0.25, -0.2) is 8.78 Å². The van der Waals surface area contributed by atoms with Crippen LogP contribution in [-0.4, -0.2) is 0 Å². The van der Waals surface area contributed by atoms with Crippen LogP contribution in [0.15, 0.2) is 30.3 Å². The minimum atomic E-state index is -0.315. The zero-order chi connectivity index (χ0) is 13.3. The molecule has 0 radical (unpaired) electrons. The molecule has 0 heterocycles. The number of rotatable bonds is 2. The maximum atomic E-state index is 13.9. The first-order valence-electron chi connectivity index (χ1n) is 5.78. The number of nitrogens with two attached hydrogens (primary N) is 1. The third-order valence-electron chi connectivity index (χ3n) is 3.03. The summed E-state index contributed by atoms with van der Waals surface area (Å²) in [6.07, 6.45) is 0. The Balaban J connectivity index is 2.68. The lowest BCUT2D eigenvalue weighted by molar-refractivity contribution is 0.623. The molecule has 0 fully saturated rings. The van der Waals surface area contributed by atoms with Gasteiger partial charge in [-0.05, 0) is 60.4 Å². The number of benzene rings is 2. The van der Waals surface area contributed by atoms with Gasteiger partial charge in [-0.15, -0.1) is 0 Å². The van der Waals surface area contributed by atoms with Gasteiger partial charge in [-0.2, -0.15) is 0 Å². The van der Waals surface area contributed by atoms with Crippen LogP contribution in [0.4, 0.5) is 8.78 Å². The fraction of sp³-hybridized carbons (Fsp3) is 0.200. The molecular weight excluding hydrogens is 232 g/mol. The molecule has 0 atom stereocenters. The van der Waals surface area contributed by atoms with Crippen LogP contribution in [0.3, 0.4) is 0 Å². The first-order chi connectivity index (χ1) is 8.52. The van der Waals surface area contributed by atoms with Crippen molar-refractivity contribution >= 4 is 0 Å². The third kappa shape index (κ3) is 2.27.